The average Bonchev–Trinajstić information content (AvgIpc) is 3.77. The number of benzene rings is 7. The first kappa shape index (κ1) is 24.4. The highest BCUT2D eigenvalue weighted by molar-refractivity contribution is 6.14. The van der Waals surface area contributed by atoms with E-state index in [1.807, 2.05) is 12.1 Å². The zero-order valence-corrected chi connectivity index (χ0v) is 24.3. The standard InChI is InChI=1S/C42H26N2O/c1-4-16-38-31(11-1)32-12-2-5-17-39(32)44(38)29-20-21-37-35(25-29)34-15-8-14-30(42(34)43-37)28-10-7-9-26(23-28)27-19-22-41-36(24-27)33-13-3-6-18-40(33)45-41/h1-25,43H. The Morgan fingerprint density at radius 3 is 1.93 bits per heavy atom. The number of H-pyrrole nitrogens is 1. The van der Waals surface area contributed by atoms with Crippen LogP contribution in [0.1, 0.15) is 0 Å². The lowest BCUT2D eigenvalue weighted by Gasteiger charge is -2.08. The molecule has 1 N–H and O–H groups in total. The maximum atomic E-state index is 6.08. The second kappa shape index (κ2) is 9.22. The first-order chi connectivity index (χ1) is 22.3. The summed E-state index contributed by atoms with van der Waals surface area (Å²) >= 11 is 0. The molecule has 7 aromatic carbocycles. The lowest BCUT2D eigenvalue weighted by Crippen LogP contribution is -1.93. The van der Waals surface area contributed by atoms with Gasteiger partial charge in [0.25, 0.3) is 0 Å². The molecule has 10 aromatic rings. The number of fused-ring (bicyclic) bond motifs is 9. The summed E-state index contributed by atoms with van der Waals surface area (Å²) in [6, 6.07) is 54.4. The van der Waals surface area contributed by atoms with Gasteiger partial charge in [0.15, 0.2) is 0 Å². The van der Waals surface area contributed by atoms with Crippen LogP contribution in [0.25, 0.3) is 93.5 Å². The van der Waals surface area contributed by atoms with E-state index >= 15 is 0 Å². The van der Waals surface area contributed by atoms with E-state index < -0.39 is 0 Å². The van der Waals surface area contributed by atoms with Gasteiger partial charge in [0.05, 0.1) is 16.6 Å². The molecule has 3 heteroatoms. The molecule has 10 rings (SSSR count). The summed E-state index contributed by atoms with van der Waals surface area (Å²) in [5, 5.41) is 7.28. The van der Waals surface area contributed by atoms with Crippen molar-refractivity contribution in [1.29, 1.82) is 0 Å². The number of aromatic nitrogens is 2. The number of hydrogen-bond donors (Lipinski definition) is 1. The number of rotatable bonds is 3. The van der Waals surface area contributed by atoms with Crippen LogP contribution in [-0.2, 0) is 0 Å². The molecular weight excluding hydrogens is 548 g/mol. The molecule has 0 aliphatic carbocycles. The molecule has 45 heavy (non-hydrogen) atoms. The van der Waals surface area contributed by atoms with Gasteiger partial charge in [-0.05, 0) is 71.3 Å². The number of nitrogens with zero attached hydrogens (tertiary/aromatic N) is 1. The fraction of sp³-hybridized carbons (Fsp3) is 0. The van der Waals surface area contributed by atoms with Crippen molar-refractivity contribution in [3.05, 3.63) is 152 Å². The van der Waals surface area contributed by atoms with Crippen molar-refractivity contribution < 1.29 is 4.42 Å². The highest BCUT2D eigenvalue weighted by Crippen LogP contribution is 2.38. The van der Waals surface area contributed by atoms with E-state index in [1.54, 1.807) is 0 Å². The zero-order chi connectivity index (χ0) is 29.5. The minimum absolute atomic E-state index is 0.916. The fourth-order valence-corrected chi connectivity index (χ4v) is 7.26. The minimum Gasteiger partial charge on any atom is -0.456 e. The SMILES string of the molecule is c1cc(-c2ccc3oc4ccccc4c3c2)cc(-c2cccc3c2[nH]c2ccc(-n4c5ccccc5c5ccccc54)cc23)c1. The number of furan rings is 1. The van der Waals surface area contributed by atoms with Crippen molar-refractivity contribution in [3.63, 3.8) is 0 Å². The van der Waals surface area contributed by atoms with Gasteiger partial charge in [-0.25, -0.2) is 0 Å². The summed E-state index contributed by atoms with van der Waals surface area (Å²) in [5.74, 6) is 0. The summed E-state index contributed by atoms with van der Waals surface area (Å²) in [6.45, 7) is 0. The molecule has 0 spiro atoms. The molecule has 0 radical (unpaired) electrons. The maximum Gasteiger partial charge on any atom is 0.135 e. The molecular formula is C42H26N2O. The molecule has 0 bridgehead atoms. The Hall–Kier alpha value is -6.06. The third-order valence-corrected chi connectivity index (χ3v) is 9.34. The third-order valence-electron chi connectivity index (χ3n) is 9.34. The van der Waals surface area contributed by atoms with Gasteiger partial charge in [-0.3, -0.25) is 0 Å². The first-order valence-corrected chi connectivity index (χ1v) is 15.4. The molecule has 0 aliphatic rings. The highest BCUT2D eigenvalue weighted by Gasteiger charge is 2.15. The van der Waals surface area contributed by atoms with Crippen LogP contribution in [0.15, 0.2) is 156 Å². The van der Waals surface area contributed by atoms with Crippen molar-refractivity contribution in [1.82, 2.24) is 9.55 Å². The molecule has 0 atom stereocenters. The normalized spacial score (nSPS) is 12.0. The van der Waals surface area contributed by atoms with Gasteiger partial charge < -0.3 is 14.0 Å². The van der Waals surface area contributed by atoms with E-state index in [-0.39, 0.29) is 0 Å². The summed E-state index contributed by atoms with van der Waals surface area (Å²) in [6.07, 6.45) is 0. The van der Waals surface area contributed by atoms with Gasteiger partial charge in [-0.15, -0.1) is 0 Å². The van der Waals surface area contributed by atoms with Gasteiger partial charge in [-0.2, -0.15) is 0 Å². The topological polar surface area (TPSA) is 33.9 Å². The van der Waals surface area contributed by atoms with E-state index in [1.165, 1.54) is 54.8 Å². The van der Waals surface area contributed by atoms with E-state index in [2.05, 4.69) is 149 Å². The summed E-state index contributed by atoms with van der Waals surface area (Å²) in [5.41, 5.74) is 12.5. The molecule has 3 nitrogen and oxygen atoms in total. The molecule has 210 valence electrons. The van der Waals surface area contributed by atoms with Crippen LogP contribution in [-0.4, -0.2) is 9.55 Å². The predicted octanol–water partition coefficient (Wildman–Crippen LogP) is 11.7. The van der Waals surface area contributed by atoms with E-state index in [9.17, 15) is 0 Å². The quantitative estimate of drug-likeness (QED) is 0.224. The Morgan fingerprint density at radius 1 is 0.422 bits per heavy atom. The molecule has 0 fully saturated rings. The van der Waals surface area contributed by atoms with Crippen molar-refractivity contribution >= 4 is 65.6 Å². The second-order valence-corrected chi connectivity index (χ2v) is 11.8. The molecule has 3 aromatic heterocycles. The summed E-state index contributed by atoms with van der Waals surface area (Å²) < 4.78 is 8.47. The van der Waals surface area contributed by atoms with Gasteiger partial charge >= 0.3 is 0 Å². The van der Waals surface area contributed by atoms with Gasteiger partial charge in [-0.1, -0.05) is 97.1 Å². The number of para-hydroxylation sites is 4. The molecule has 0 aliphatic heterocycles. The van der Waals surface area contributed by atoms with Gasteiger partial charge in [0, 0.05) is 49.1 Å². The van der Waals surface area contributed by atoms with E-state index in [4.69, 9.17) is 4.42 Å². The Balaban J connectivity index is 1.12. The summed E-state index contributed by atoms with van der Waals surface area (Å²) in [7, 11) is 0. The van der Waals surface area contributed by atoms with Crippen LogP contribution in [0.5, 0.6) is 0 Å². The van der Waals surface area contributed by atoms with Crippen LogP contribution in [0.4, 0.5) is 0 Å². The fourth-order valence-electron chi connectivity index (χ4n) is 7.26. The van der Waals surface area contributed by atoms with E-state index in [0.29, 0.717) is 0 Å². The predicted molar refractivity (Wildman–Crippen MR) is 188 cm³/mol. The van der Waals surface area contributed by atoms with Gasteiger partial charge in [0.2, 0.25) is 0 Å². The monoisotopic (exact) mass is 574 g/mol. The lowest BCUT2D eigenvalue weighted by atomic mass is 9.96. The molecule has 3 heterocycles. The molecule has 0 saturated carbocycles. The smallest absolute Gasteiger partial charge is 0.135 e. The zero-order valence-electron chi connectivity index (χ0n) is 24.3. The Labute approximate surface area is 258 Å². The van der Waals surface area contributed by atoms with Gasteiger partial charge in [0.1, 0.15) is 11.2 Å². The third kappa shape index (κ3) is 3.58. The minimum atomic E-state index is 0.916. The van der Waals surface area contributed by atoms with Crippen molar-refractivity contribution in [2.24, 2.45) is 0 Å². The molecule has 0 saturated heterocycles. The van der Waals surface area contributed by atoms with Crippen molar-refractivity contribution in [2.75, 3.05) is 0 Å². The number of aromatic amines is 1. The second-order valence-electron chi connectivity index (χ2n) is 11.8. The van der Waals surface area contributed by atoms with Crippen LogP contribution in [0, 0.1) is 0 Å². The Morgan fingerprint density at radius 2 is 1.09 bits per heavy atom. The Kier molecular flexibility index (Phi) is 5.00. The highest BCUT2D eigenvalue weighted by atomic mass is 16.3. The number of nitrogens with one attached hydrogen (secondary N) is 1. The molecule has 0 amide bonds. The summed E-state index contributed by atoms with van der Waals surface area (Å²) in [4.78, 5) is 3.77. The lowest BCUT2D eigenvalue weighted by molar-refractivity contribution is 0.669. The van der Waals surface area contributed by atoms with Crippen LogP contribution >= 0.6 is 0 Å². The average molecular weight is 575 g/mol. The first-order valence-electron chi connectivity index (χ1n) is 15.4. The largest absolute Gasteiger partial charge is 0.456 e. The molecule has 0 unspecified atom stereocenters. The van der Waals surface area contributed by atoms with Crippen LogP contribution in [0.3, 0.4) is 0 Å². The van der Waals surface area contributed by atoms with Crippen molar-refractivity contribution in [2.45, 2.75) is 0 Å². The van der Waals surface area contributed by atoms with Crippen molar-refractivity contribution in [3.8, 4) is 27.9 Å². The van der Waals surface area contributed by atoms with Crippen LogP contribution in [0.2, 0.25) is 0 Å². The van der Waals surface area contributed by atoms with E-state index in [0.717, 1.165) is 38.7 Å². The maximum absolute atomic E-state index is 6.08. The number of hydrogen-bond acceptors (Lipinski definition) is 1. The van der Waals surface area contributed by atoms with Crippen LogP contribution < -0.4 is 0 Å². The Bertz CT molecular complexity index is 2720.